The number of thiophene rings is 1. The Hall–Kier alpha value is -2.20. The number of hydrogen-bond acceptors (Lipinski definition) is 3. The van der Waals surface area contributed by atoms with Crippen molar-refractivity contribution in [1.29, 1.82) is 0 Å². The van der Waals surface area contributed by atoms with Crippen LogP contribution in [0.5, 0.6) is 0 Å². The summed E-state index contributed by atoms with van der Waals surface area (Å²) in [5, 5.41) is 11.2. The number of aliphatic carboxylic acids is 1. The Labute approximate surface area is 153 Å². The van der Waals surface area contributed by atoms with Gasteiger partial charge >= 0.3 is 5.97 Å². The first kappa shape index (κ1) is 19.1. The quantitative estimate of drug-likeness (QED) is 0.342. The maximum atomic E-state index is 12.4. The zero-order valence-corrected chi connectivity index (χ0v) is 15.3. The molecule has 0 bridgehead atoms. The van der Waals surface area contributed by atoms with E-state index >= 15 is 0 Å². The van der Waals surface area contributed by atoms with Gasteiger partial charge in [0.2, 0.25) is 0 Å². The van der Waals surface area contributed by atoms with Crippen LogP contribution >= 0.6 is 11.3 Å². The Kier molecular flexibility index (Phi) is 7.61. The zero-order valence-electron chi connectivity index (χ0n) is 14.5. The lowest BCUT2D eigenvalue weighted by Crippen LogP contribution is -2.08. The molecular weight excluding hydrogens is 332 g/mol. The van der Waals surface area contributed by atoms with Crippen LogP contribution in [0.3, 0.4) is 0 Å². The molecule has 1 aromatic heterocycles. The van der Waals surface area contributed by atoms with Gasteiger partial charge in [0.15, 0.2) is 5.78 Å². The molecule has 3 nitrogen and oxygen atoms in total. The minimum Gasteiger partial charge on any atom is -0.478 e. The minimum absolute atomic E-state index is 0.0942. The van der Waals surface area contributed by atoms with Gasteiger partial charge in [0, 0.05) is 22.4 Å². The lowest BCUT2D eigenvalue weighted by Gasteiger charge is -2.05. The van der Waals surface area contributed by atoms with Crippen LogP contribution in [0.25, 0.3) is 6.08 Å². The first-order valence-electron chi connectivity index (χ1n) is 8.69. The number of carboxylic acids is 1. The molecule has 1 aromatic carbocycles. The first-order valence-corrected chi connectivity index (χ1v) is 9.57. The lowest BCUT2D eigenvalue weighted by molar-refractivity contribution is -0.132. The van der Waals surface area contributed by atoms with Crippen LogP contribution in [0, 0.1) is 0 Å². The maximum Gasteiger partial charge on any atom is 0.332 e. The van der Waals surface area contributed by atoms with E-state index in [1.807, 2.05) is 41.8 Å². The lowest BCUT2D eigenvalue weighted by atomic mass is 9.99. The fourth-order valence-electron chi connectivity index (χ4n) is 2.62. The molecule has 0 atom stereocenters. The van der Waals surface area contributed by atoms with Gasteiger partial charge in [-0.3, -0.25) is 4.79 Å². The third-order valence-electron chi connectivity index (χ3n) is 4.08. The Morgan fingerprint density at radius 3 is 2.44 bits per heavy atom. The van der Waals surface area contributed by atoms with Crippen molar-refractivity contribution in [2.75, 3.05) is 0 Å². The summed E-state index contributed by atoms with van der Waals surface area (Å²) in [5.74, 6) is -1.21. The Morgan fingerprint density at radius 1 is 1.08 bits per heavy atom. The van der Waals surface area contributed by atoms with E-state index in [1.165, 1.54) is 36.2 Å². The molecule has 0 unspecified atom stereocenters. The number of carbonyl (C=O) groups excluding carboxylic acids is 1. The monoisotopic (exact) mass is 356 g/mol. The summed E-state index contributed by atoms with van der Waals surface area (Å²) >= 11 is 1.45. The fraction of sp³-hybridized carbons (Fsp3) is 0.333. The van der Waals surface area contributed by atoms with Crippen molar-refractivity contribution in [3.05, 3.63) is 63.4 Å². The van der Waals surface area contributed by atoms with Gasteiger partial charge in [-0.2, -0.15) is 0 Å². The van der Waals surface area contributed by atoms with E-state index in [4.69, 9.17) is 0 Å². The molecule has 25 heavy (non-hydrogen) atoms. The molecular formula is C21H24O3S. The van der Waals surface area contributed by atoms with Crippen molar-refractivity contribution in [2.24, 2.45) is 0 Å². The van der Waals surface area contributed by atoms with Crippen LogP contribution in [0.2, 0.25) is 0 Å². The van der Waals surface area contributed by atoms with E-state index < -0.39 is 5.97 Å². The van der Waals surface area contributed by atoms with Crippen molar-refractivity contribution in [3.8, 4) is 0 Å². The van der Waals surface area contributed by atoms with Gasteiger partial charge < -0.3 is 5.11 Å². The molecule has 2 aromatic rings. The number of unbranched alkanes of at least 4 members (excludes halogenated alkanes) is 3. The molecule has 0 saturated carbocycles. The van der Waals surface area contributed by atoms with Crippen molar-refractivity contribution >= 4 is 29.2 Å². The number of carbonyl (C=O) groups is 2. The molecule has 0 amide bonds. The Balaban J connectivity index is 1.98. The van der Waals surface area contributed by atoms with Crippen molar-refractivity contribution in [2.45, 2.75) is 45.4 Å². The number of rotatable bonds is 10. The van der Waals surface area contributed by atoms with Crippen molar-refractivity contribution in [3.63, 3.8) is 0 Å². The summed E-state index contributed by atoms with van der Waals surface area (Å²) in [6.45, 7) is 2.19. The normalized spacial score (nSPS) is 11.5. The second-order valence-electron chi connectivity index (χ2n) is 6.10. The summed E-state index contributed by atoms with van der Waals surface area (Å²) in [4.78, 5) is 24.6. The van der Waals surface area contributed by atoms with Gasteiger partial charge in [0.05, 0.1) is 0 Å². The third kappa shape index (κ3) is 6.31. The topological polar surface area (TPSA) is 54.4 Å². The highest BCUT2D eigenvalue weighted by molar-refractivity contribution is 7.10. The molecule has 132 valence electrons. The standard InChI is InChI=1S/C21H24O3S/c1-2-3-4-5-7-16-9-11-17(12-10-16)20(22)15-18(21(23)24)14-19-8-6-13-25-19/h6,8-14H,2-5,7,15H2,1H3,(H,23,24). The van der Waals surface area contributed by atoms with E-state index in [9.17, 15) is 14.7 Å². The zero-order chi connectivity index (χ0) is 18.1. The van der Waals surface area contributed by atoms with Gasteiger partial charge in [0.1, 0.15) is 0 Å². The number of ketones is 1. The predicted molar refractivity (Wildman–Crippen MR) is 103 cm³/mol. The molecule has 0 aliphatic rings. The highest BCUT2D eigenvalue weighted by Gasteiger charge is 2.15. The largest absolute Gasteiger partial charge is 0.478 e. The van der Waals surface area contributed by atoms with Gasteiger partial charge in [-0.05, 0) is 35.9 Å². The molecule has 2 rings (SSSR count). The summed E-state index contributed by atoms with van der Waals surface area (Å²) in [7, 11) is 0. The van der Waals surface area contributed by atoms with Crippen LogP contribution in [-0.4, -0.2) is 16.9 Å². The summed E-state index contributed by atoms with van der Waals surface area (Å²) < 4.78 is 0. The van der Waals surface area contributed by atoms with Crippen LogP contribution in [0.1, 0.15) is 59.8 Å². The first-order chi connectivity index (χ1) is 12.1. The van der Waals surface area contributed by atoms with Gasteiger partial charge in [-0.1, -0.05) is 56.5 Å². The van der Waals surface area contributed by atoms with E-state index in [-0.39, 0.29) is 17.8 Å². The predicted octanol–water partition coefficient (Wildman–Crippen LogP) is 5.61. The average molecular weight is 356 g/mol. The number of benzene rings is 1. The van der Waals surface area contributed by atoms with Gasteiger partial charge in [-0.25, -0.2) is 4.79 Å². The van der Waals surface area contributed by atoms with Crippen LogP contribution < -0.4 is 0 Å². The molecule has 0 fully saturated rings. The molecule has 0 aliphatic carbocycles. The highest BCUT2D eigenvalue weighted by Crippen LogP contribution is 2.18. The second kappa shape index (κ2) is 9.94. The average Bonchev–Trinajstić information content (AvgIpc) is 3.11. The van der Waals surface area contributed by atoms with Crippen molar-refractivity contribution < 1.29 is 14.7 Å². The summed E-state index contributed by atoms with van der Waals surface area (Å²) in [6.07, 6.45) is 7.37. The number of Topliss-reactive ketones (excluding diaryl/α,β-unsaturated/α-hetero) is 1. The Bertz CT molecular complexity index is 712. The number of aryl methyl sites for hydroxylation is 1. The van der Waals surface area contributed by atoms with Crippen LogP contribution in [0.4, 0.5) is 0 Å². The molecule has 0 saturated heterocycles. The number of carboxylic acid groups (broad SMARTS) is 1. The van der Waals surface area contributed by atoms with E-state index in [0.717, 1.165) is 17.7 Å². The third-order valence-corrected chi connectivity index (χ3v) is 4.90. The van der Waals surface area contributed by atoms with Gasteiger partial charge in [0.25, 0.3) is 0 Å². The molecule has 0 aliphatic heterocycles. The molecule has 1 heterocycles. The highest BCUT2D eigenvalue weighted by atomic mass is 32.1. The van der Waals surface area contributed by atoms with E-state index in [2.05, 4.69) is 6.92 Å². The molecule has 4 heteroatoms. The summed E-state index contributed by atoms with van der Waals surface area (Å²) in [5.41, 5.74) is 1.91. The van der Waals surface area contributed by atoms with Crippen LogP contribution in [0.15, 0.2) is 47.4 Å². The molecule has 0 spiro atoms. The molecule has 1 N–H and O–H groups in total. The van der Waals surface area contributed by atoms with Gasteiger partial charge in [-0.15, -0.1) is 11.3 Å². The van der Waals surface area contributed by atoms with Crippen molar-refractivity contribution in [1.82, 2.24) is 0 Å². The van der Waals surface area contributed by atoms with E-state index in [0.29, 0.717) is 5.56 Å². The fourth-order valence-corrected chi connectivity index (χ4v) is 3.30. The van der Waals surface area contributed by atoms with Crippen LogP contribution in [-0.2, 0) is 11.2 Å². The SMILES string of the molecule is CCCCCCc1ccc(C(=O)CC(=Cc2cccs2)C(=O)O)cc1. The Morgan fingerprint density at radius 2 is 1.84 bits per heavy atom. The smallest absolute Gasteiger partial charge is 0.332 e. The number of hydrogen-bond donors (Lipinski definition) is 1. The second-order valence-corrected chi connectivity index (χ2v) is 7.08. The summed E-state index contributed by atoms with van der Waals surface area (Å²) in [6, 6.07) is 11.3. The minimum atomic E-state index is -1.05. The molecule has 0 radical (unpaired) electrons. The maximum absolute atomic E-state index is 12.4. The van der Waals surface area contributed by atoms with E-state index in [1.54, 1.807) is 6.08 Å².